The van der Waals surface area contributed by atoms with Crippen molar-refractivity contribution >= 4 is 23.2 Å². The third-order valence-electron chi connectivity index (χ3n) is 2.59. The molecule has 0 radical (unpaired) electrons. The fourth-order valence-electron chi connectivity index (χ4n) is 1.67. The molecule has 0 aliphatic carbocycles. The summed E-state index contributed by atoms with van der Waals surface area (Å²) in [7, 11) is 0. The van der Waals surface area contributed by atoms with E-state index in [-0.39, 0.29) is 12.5 Å². The van der Waals surface area contributed by atoms with Gasteiger partial charge in [-0.15, -0.1) is 11.3 Å². The van der Waals surface area contributed by atoms with Gasteiger partial charge in [0.05, 0.1) is 11.5 Å². The number of esters is 1. The molecular weight excluding hydrogens is 274 g/mol. The third kappa shape index (κ3) is 3.68. The van der Waals surface area contributed by atoms with Crippen LogP contribution in [0.1, 0.15) is 16.6 Å². The molecular formula is C15H15NO3S. The lowest BCUT2D eigenvalue weighted by Gasteiger charge is -2.03. The summed E-state index contributed by atoms with van der Waals surface area (Å²) in [6.45, 7) is 1.93. The van der Waals surface area contributed by atoms with Crippen molar-refractivity contribution in [1.29, 1.82) is 0 Å². The van der Waals surface area contributed by atoms with Gasteiger partial charge in [-0.05, 0) is 24.6 Å². The maximum atomic E-state index is 11.9. The number of carbonyl (C=O) groups is 2. The van der Waals surface area contributed by atoms with Gasteiger partial charge in [-0.25, -0.2) is 0 Å². The van der Waals surface area contributed by atoms with Gasteiger partial charge in [-0.2, -0.15) is 0 Å². The number of amides is 1. The van der Waals surface area contributed by atoms with Crippen molar-refractivity contribution in [3.8, 4) is 10.4 Å². The number of thiophene rings is 1. The van der Waals surface area contributed by atoms with E-state index in [1.807, 2.05) is 36.4 Å². The van der Waals surface area contributed by atoms with Gasteiger partial charge in [0.1, 0.15) is 6.54 Å². The second-order valence-corrected chi connectivity index (χ2v) is 5.10. The molecule has 0 spiro atoms. The van der Waals surface area contributed by atoms with Crippen molar-refractivity contribution in [3.63, 3.8) is 0 Å². The molecule has 1 aromatic carbocycles. The monoisotopic (exact) mass is 289 g/mol. The Morgan fingerprint density at radius 1 is 1.15 bits per heavy atom. The molecule has 2 rings (SSSR count). The molecule has 0 saturated carbocycles. The van der Waals surface area contributed by atoms with E-state index in [4.69, 9.17) is 4.74 Å². The van der Waals surface area contributed by atoms with E-state index < -0.39 is 5.97 Å². The highest BCUT2D eigenvalue weighted by atomic mass is 32.1. The van der Waals surface area contributed by atoms with Crippen molar-refractivity contribution in [3.05, 3.63) is 47.3 Å². The van der Waals surface area contributed by atoms with Crippen molar-refractivity contribution in [2.24, 2.45) is 0 Å². The zero-order valence-electron chi connectivity index (χ0n) is 11.1. The molecule has 0 aliphatic rings. The third-order valence-corrected chi connectivity index (χ3v) is 3.72. The van der Waals surface area contributed by atoms with E-state index >= 15 is 0 Å². The summed E-state index contributed by atoms with van der Waals surface area (Å²) in [5.41, 5.74) is 1.07. The Balaban J connectivity index is 1.98. The Morgan fingerprint density at radius 2 is 1.90 bits per heavy atom. The highest BCUT2D eigenvalue weighted by molar-refractivity contribution is 7.17. The largest absolute Gasteiger partial charge is 0.465 e. The summed E-state index contributed by atoms with van der Waals surface area (Å²) in [6.07, 6.45) is 0. The van der Waals surface area contributed by atoms with Crippen molar-refractivity contribution in [2.45, 2.75) is 6.92 Å². The first-order valence-corrected chi connectivity index (χ1v) is 7.11. The van der Waals surface area contributed by atoms with Gasteiger partial charge in [0.25, 0.3) is 5.91 Å². The van der Waals surface area contributed by atoms with E-state index in [1.54, 1.807) is 13.0 Å². The molecule has 2 aromatic rings. The number of hydrogen-bond donors (Lipinski definition) is 1. The van der Waals surface area contributed by atoms with Crippen LogP contribution in [-0.4, -0.2) is 25.0 Å². The van der Waals surface area contributed by atoms with E-state index in [1.165, 1.54) is 11.3 Å². The maximum Gasteiger partial charge on any atom is 0.325 e. The molecule has 0 fully saturated rings. The molecule has 1 heterocycles. The average molecular weight is 289 g/mol. The van der Waals surface area contributed by atoms with Crippen molar-refractivity contribution in [1.82, 2.24) is 5.32 Å². The van der Waals surface area contributed by atoms with E-state index in [9.17, 15) is 9.59 Å². The SMILES string of the molecule is CCOC(=O)CNC(=O)c1ccc(-c2ccccc2)s1. The molecule has 20 heavy (non-hydrogen) atoms. The van der Waals surface area contributed by atoms with Crippen LogP contribution in [0.3, 0.4) is 0 Å². The molecule has 0 unspecified atom stereocenters. The summed E-state index contributed by atoms with van der Waals surface area (Å²) in [6, 6.07) is 13.5. The summed E-state index contributed by atoms with van der Waals surface area (Å²) >= 11 is 1.39. The summed E-state index contributed by atoms with van der Waals surface area (Å²) in [5, 5.41) is 2.55. The van der Waals surface area contributed by atoms with Crippen molar-refractivity contribution < 1.29 is 14.3 Å². The van der Waals surface area contributed by atoms with E-state index in [0.717, 1.165) is 10.4 Å². The molecule has 0 atom stereocenters. The minimum Gasteiger partial charge on any atom is -0.465 e. The minimum absolute atomic E-state index is 0.106. The van der Waals surface area contributed by atoms with Crippen LogP contribution in [0, 0.1) is 0 Å². The standard InChI is InChI=1S/C15H15NO3S/c1-2-19-14(17)10-16-15(18)13-9-8-12(20-13)11-6-4-3-5-7-11/h3-9H,2,10H2,1H3,(H,16,18). The first-order chi connectivity index (χ1) is 9.70. The number of rotatable bonds is 5. The zero-order valence-corrected chi connectivity index (χ0v) is 11.9. The fourth-order valence-corrected chi connectivity index (χ4v) is 2.60. The summed E-state index contributed by atoms with van der Waals surface area (Å²) in [4.78, 5) is 24.7. The molecule has 1 aromatic heterocycles. The van der Waals surface area contributed by atoms with Crippen LogP contribution in [0.25, 0.3) is 10.4 Å². The molecule has 0 saturated heterocycles. The average Bonchev–Trinajstić information content (AvgIpc) is 2.96. The fraction of sp³-hybridized carbons (Fsp3) is 0.200. The van der Waals surface area contributed by atoms with Gasteiger partial charge in [0.2, 0.25) is 0 Å². The van der Waals surface area contributed by atoms with Crippen LogP contribution in [0.5, 0.6) is 0 Å². The second-order valence-electron chi connectivity index (χ2n) is 4.02. The Labute approximate surface area is 121 Å². The first kappa shape index (κ1) is 14.3. The van der Waals surface area contributed by atoms with Crippen LogP contribution in [0.15, 0.2) is 42.5 Å². The van der Waals surface area contributed by atoms with Crippen LogP contribution in [-0.2, 0) is 9.53 Å². The van der Waals surface area contributed by atoms with Gasteiger partial charge in [0.15, 0.2) is 0 Å². The Kier molecular flexibility index (Phi) is 4.90. The lowest BCUT2D eigenvalue weighted by atomic mass is 10.2. The Morgan fingerprint density at radius 3 is 2.60 bits per heavy atom. The molecule has 104 valence electrons. The number of ether oxygens (including phenoxy) is 1. The number of benzene rings is 1. The molecule has 1 amide bonds. The van der Waals surface area contributed by atoms with Crippen molar-refractivity contribution in [2.75, 3.05) is 13.2 Å². The van der Waals surface area contributed by atoms with Gasteiger partial charge in [-0.1, -0.05) is 30.3 Å². The normalized spacial score (nSPS) is 10.1. The second kappa shape index (κ2) is 6.86. The smallest absolute Gasteiger partial charge is 0.325 e. The quantitative estimate of drug-likeness (QED) is 0.861. The van der Waals surface area contributed by atoms with Crippen LogP contribution in [0.2, 0.25) is 0 Å². The van der Waals surface area contributed by atoms with E-state index in [0.29, 0.717) is 11.5 Å². The van der Waals surface area contributed by atoms with Crippen LogP contribution >= 0.6 is 11.3 Å². The molecule has 0 bridgehead atoms. The van der Waals surface area contributed by atoms with Crippen LogP contribution < -0.4 is 5.32 Å². The highest BCUT2D eigenvalue weighted by Gasteiger charge is 2.11. The lowest BCUT2D eigenvalue weighted by molar-refractivity contribution is -0.141. The van der Waals surface area contributed by atoms with Gasteiger partial charge in [0, 0.05) is 4.88 Å². The minimum atomic E-state index is -0.430. The molecule has 4 nitrogen and oxygen atoms in total. The number of hydrogen-bond acceptors (Lipinski definition) is 4. The number of nitrogens with one attached hydrogen (secondary N) is 1. The molecule has 1 N–H and O–H groups in total. The van der Waals surface area contributed by atoms with E-state index in [2.05, 4.69) is 5.32 Å². The Bertz CT molecular complexity index is 592. The highest BCUT2D eigenvalue weighted by Crippen LogP contribution is 2.27. The predicted octanol–water partition coefficient (Wildman–Crippen LogP) is 2.71. The predicted molar refractivity (Wildman–Crippen MR) is 78.7 cm³/mol. The number of carbonyl (C=O) groups excluding carboxylic acids is 2. The lowest BCUT2D eigenvalue weighted by Crippen LogP contribution is -2.30. The maximum absolute atomic E-state index is 11.9. The van der Waals surface area contributed by atoms with Gasteiger partial charge in [-0.3, -0.25) is 9.59 Å². The summed E-state index contributed by atoms with van der Waals surface area (Å²) < 4.78 is 4.75. The molecule has 5 heteroatoms. The van der Waals surface area contributed by atoms with Gasteiger partial charge < -0.3 is 10.1 Å². The Hall–Kier alpha value is -2.14. The van der Waals surface area contributed by atoms with Crippen LogP contribution in [0.4, 0.5) is 0 Å². The summed E-state index contributed by atoms with van der Waals surface area (Å²) in [5.74, 6) is -0.689. The topological polar surface area (TPSA) is 55.4 Å². The first-order valence-electron chi connectivity index (χ1n) is 6.29. The molecule has 0 aliphatic heterocycles. The van der Waals surface area contributed by atoms with Gasteiger partial charge >= 0.3 is 5.97 Å². The zero-order chi connectivity index (χ0) is 14.4.